The van der Waals surface area contributed by atoms with E-state index in [4.69, 9.17) is 19.2 Å². The van der Waals surface area contributed by atoms with E-state index in [0.717, 1.165) is 17.3 Å². The maximum absolute atomic E-state index is 13.2. The zero-order valence-corrected chi connectivity index (χ0v) is 22.0. The first-order valence-electron chi connectivity index (χ1n) is 11.7. The van der Waals surface area contributed by atoms with Crippen LogP contribution in [-0.2, 0) is 16.0 Å². The number of fused-ring (bicyclic) bond motifs is 1. The van der Waals surface area contributed by atoms with E-state index in [1.165, 1.54) is 4.68 Å². The highest BCUT2D eigenvalue weighted by Gasteiger charge is 2.18. The van der Waals surface area contributed by atoms with E-state index >= 15 is 0 Å². The maximum atomic E-state index is 13.2. The molecule has 0 aliphatic carbocycles. The van der Waals surface area contributed by atoms with Crippen molar-refractivity contribution in [2.75, 3.05) is 13.2 Å². The second-order valence-electron chi connectivity index (χ2n) is 7.81. The number of ether oxygens (including phenoxy) is 3. The van der Waals surface area contributed by atoms with Gasteiger partial charge in [0.25, 0.3) is 5.56 Å². The normalized spacial score (nSPS) is 12.1. The first-order valence-corrected chi connectivity index (χ1v) is 12.5. The van der Waals surface area contributed by atoms with Crippen LogP contribution in [0.15, 0.2) is 50.8 Å². The van der Waals surface area contributed by atoms with E-state index in [1.807, 2.05) is 19.1 Å². The summed E-state index contributed by atoms with van der Waals surface area (Å²) in [4.78, 5) is 29.9. The second kappa shape index (κ2) is 12.5. The monoisotopic (exact) mass is 543 g/mol. The number of halogens is 1. The Labute approximate surface area is 213 Å². The topological polar surface area (TPSA) is 92.0 Å². The Morgan fingerprint density at radius 3 is 2.66 bits per heavy atom. The van der Waals surface area contributed by atoms with Crippen molar-refractivity contribution in [2.24, 2.45) is 5.10 Å². The van der Waals surface area contributed by atoms with Gasteiger partial charge in [-0.05, 0) is 69.2 Å². The van der Waals surface area contributed by atoms with Crippen molar-refractivity contribution < 1.29 is 19.0 Å². The largest absolute Gasteiger partial charge is 0.490 e. The number of nitrogens with zero attached hydrogens (tertiary/aromatic N) is 3. The van der Waals surface area contributed by atoms with Crippen LogP contribution in [0.25, 0.3) is 10.9 Å². The molecule has 8 nitrogen and oxygen atoms in total. The number of benzene rings is 2. The van der Waals surface area contributed by atoms with Gasteiger partial charge in [-0.25, -0.2) is 9.78 Å². The minimum absolute atomic E-state index is 0.230. The first-order chi connectivity index (χ1) is 16.9. The number of hydrogen-bond acceptors (Lipinski definition) is 7. The molecular formula is C26H30BrN3O5. The molecule has 0 radical (unpaired) electrons. The standard InChI is InChI=1S/C26H30BrN3O5/c1-5-8-9-24-29-21-12-11-19(27)15-20(21)25(31)30(24)28-16-18-10-13-22(23(14-18)33-6-2)35-17(4)26(32)34-7-3/h10-17H,5-9H2,1-4H3/t17-/m0/s1. The lowest BCUT2D eigenvalue weighted by Gasteiger charge is -2.16. The van der Waals surface area contributed by atoms with Gasteiger partial charge in [0, 0.05) is 10.9 Å². The molecule has 1 aromatic heterocycles. The molecule has 0 saturated carbocycles. The predicted molar refractivity (Wildman–Crippen MR) is 140 cm³/mol. The first kappa shape index (κ1) is 26.4. The summed E-state index contributed by atoms with van der Waals surface area (Å²) < 4.78 is 18.6. The summed E-state index contributed by atoms with van der Waals surface area (Å²) >= 11 is 3.42. The van der Waals surface area contributed by atoms with Crippen LogP contribution in [0.3, 0.4) is 0 Å². The van der Waals surface area contributed by atoms with Gasteiger partial charge in [0.1, 0.15) is 5.82 Å². The summed E-state index contributed by atoms with van der Waals surface area (Å²) in [6, 6.07) is 10.7. The number of unbranched alkanes of at least 4 members (excludes halogenated alkanes) is 1. The van der Waals surface area contributed by atoms with Crippen LogP contribution in [0.2, 0.25) is 0 Å². The Morgan fingerprint density at radius 1 is 1.14 bits per heavy atom. The fourth-order valence-corrected chi connectivity index (χ4v) is 3.76. The number of rotatable bonds is 11. The Balaban J connectivity index is 1.96. The quantitative estimate of drug-likeness (QED) is 0.246. The van der Waals surface area contributed by atoms with Gasteiger partial charge in [-0.3, -0.25) is 4.79 Å². The van der Waals surface area contributed by atoms with E-state index < -0.39 is 12.1 Å². The molecular weight excluding hydrogens is 514 g/mol. The Hall–Kier alpha value is -3.20. The van der Waals surface area contributed by atoms with Crippen molar-refractivity contribution in [1.82, 2.24) is 9.66 Å². The average molecular weight is 544 g/mol. The number of carbonyl (C=O) groups is 1. The molecule has 3 rings (SSSR count). The zero-order chi connectivity index (χ0) is 25.4. The van der Waals surface area contributed by atoms with Crippen molar-refractivity contribution in [1.29, 1.82) is 0 Å². The fraction of sp³-hybridized carbons (Fsp3) is 0.385. The third-order valence-corrected chi connectivity index (χ3v) is 5.63. The van der Waals surface area contributed by atoms with Gasteiger partial charge in [0.05, 0.1) is 30.3 Å². The molecule has 186 valence electrons. The van der Waals surface area contributed by atoms with Gasteiger partial charge in [-0.1, -0.05) is 29.3 Å². The smallest absolute Gasteiger partial charge is 0.347 e. The number of esters is 1. The SMILES string of the molecule is CCCCc1nc2ccc(Br)cc2c(=O)n1N=Cc1ccc(O[C@@H](C)C(=O)OCC)c(OCC)c1. The van der Waals surface area contributed by atoms with E-state index in [0.29, 0.717) is 46.8 Å². The van der Waals surface area contributed by atoms with E-state index in [1.54, 1.807) is 44.3 Å². The predicted octanol–water partition coefficient (Wildman–Crippen LogP) is 5.11. The molecule has 2 aromatic carbocycles. The molecule has 1 heterocycles. The van der Waals surface area contributed by atoms with E-state index in [-0.39, 0.29) is 12.2 Å². The van der Waals surface area contributed by atoms with Crippen LogP contribution < -0.4 is 15.0 Å². The van der Waals surface area contributed by atoms with Crippen LogP contribution in [0, 0.1) is 0 Å². The number of hydrogen-bond donors (Lipinski definition) is 0. The highest BCUT2D eigenvalue weighted by molar-refractivity contribution is 9.10. The Bertz CT molecular complexity index is 1270. The second-order valence-corrected chi connectivity index (χ2v) is 8.72. The zero-order valence-electron chi connectivity index (χ0n) is 20.4. The molecule has 0 saturated heterocycles. The Kier molecular flexibility index (Phi) is 9.42. The van der Waals surface area contributed by atoms with E-state index in [9.17, 15) is 9.59 Å². The van der Waals surface area contributed by atoms with Gasteiger partial charge in [0.2, 0.25) is 0 Å². The highest BCUT2D eigenvalue weighted by atomic mass is 79.9. The van der Waals surface area contributed by atoms with Crippen LogP contribution in [0.4, 0.5) is 0 Å². The minimum Gasteiger partial charge on any atom is -0.490 e. The maximum Gasteiger partial charge on any atom is 0.347 e. The third-order valence-electron chi connectivity index (χ3n) is 5.14. The van der Waals surface area contributed by atoms with Gasteiger partial charge in [-0.15, -0.1) is 0 Å². The number of aromatic nitrogens is 2. The molecule has 0 amide bonds. The molecule has 0 N–H and O–H groups in total. The van der Waals surface area contributed by atoms with Crippen molar-refractivity contribution in [3.63, 3.8) is 0 Å². The summed E-state index contributed by atoms with van der Waals surface area (Å²) in [5, 5.41) is 4.97. The molecule has 0 unspecified atom stereocenters. The van der Waals surface area contributed by atoms with Crippen LogP contribution in [-0.4, -0.2) is 41.2 Å². The summed E-state index contributed by atoms with van der Waals surface area (Å²) in [7, 11) is 0. The molecule has 1 atom stereocenters. The summed E-state index contributed by atoms with van der Waals surface area (Å²) in [5.41, 5.74) is 1.12. The summed E-state index contributed by atoms with van der Waals surface area (Å²) in [6.45, 7) is 8.00. The van der Waals surface area contributed by atoms with Crippen molar-refractivity contribution in [2.45, 2.75) is 53.1 Å². The highest BCUT2D eigenvalue weighted by Crippen LogP contribution is 2.29. The molecule has 0 bridgehead atoms. The lowest BCUT2D eigenvalue weighted by molar-refractivity contribution is -0.150. The van der Waals surface area contributed by atoms with Crippen molar-refractivity contribution in [3.05, 3.63) is 62.6 Å². The summed E-state index contributed by atoms with van der Waals surface area (Å²) in [6.07, 6.45) is 3.31. The molecule has 3 aromatic rings. The lowest BCUT2D eigenvalue weighted by atomic mass is 10.2. The van der Waals surface area contributed by atoms with Gasteiger partial charge < -0.3 is 14.2 Å². The lowest BCUT2D eigenvalue weighted by Crippen LogP contribution is -2.26. The number of aryl methyl sites for hydroxylation is 1. The molecule has 35 heavy (non-hydrogen) atoms. The average Bonchev–Trinajstić information content (AvgIpc) is 2.84. The van der Waals surface area contributed by atoms with Gasteiger partial charge in [-0.2, -0.15) is 9.78 Å². The van der Waals surface area contributed by atoms with Crippen molar-refractivity contribution >= 4 is 39.0 Å². The fourth-order valence-electron chi connectivity index (χ4n) is 3.40. The van der Waals surface area contributed by atoms with Gasteiger partial charge >= 0.3 is 5.97 Å². The van der Waals surface area contributed by atoms with Gasteiger partial charge in [0.15, 0.2) is 17.6 Å². The summed E-state index contributed by atoms with van der Waals surface area (Å²) in [5.74, 6) is 1.04. The molecule has 0 fully saturated rings. The van der Waals surface area contributed by atoms with E-state index in [2.05, 4.69) is 28.0 Å². The Morgan fingerprint density at radius 2 is 1.94 bits per heavy atom. The third kappa shape index (κ3) is 6.69. The molecule has 9 heteroatoms. The van der Waals surface area contributed by atoms with Crippen LogP contribution in [0.5, 0.6) is 11.5 Å². The molecule has 0 aliphatic rings. The van der Waals surface area contributed by atoms with Crippen LogP contribution in [0.1, 0.15) is 51.9 Å². The molecule has 0 spiro atoms. The number of carbonyl (C=O) groups excluding carboxylic acids is 1. The minimum atomic E-state index is -0.781. The molecule has 0 aliphatic heterocycles. The van der Waals surface area contributed by atoms with Crippen LogP contribution >= 0.6 is 15.9 Å². The van der Waals surface area contributed by atoms with Crippen molar-refractivity contribution in [3.8, 4) is 11.5 Å².